The van der Waals surface area contributed by atoms with Gasteiger partial charge in [0.05, 0.1) is 28.7 Å². The summed E-state index contributed by atoms with van der Waals surface area (Å²) in [6.45, 7) is 4.24. The van der Waals surface area contributed by atoms with Gasteiger partial charge in [-0.15, -0.1) is 0 Å². The van der Waals surface area contributed by atoms with Gasteiger partial charge in [0.2, 0.25) is 5.91 Å². The molecule has 0 unspecified atom stereocenters. The van der Waals surface area contributed by atoms with Gasteiger partial charge in [0, 0.05) is 24.2 Å². The Kier molecular flexibility index (Phi) is 7.38. The highest BCUT2D eigenvalue weighted by Gasteiger charge is 2.45. The normalized spacial score (nSPS) is 20.7. The molecule has 1 aliphatic carbocycles. The summed E-state index contributed by atoms with van der Waals surface area (Å²) in [6, 6.07) is 10.2. The molecule has 10 nitrogen and oxygen atoms in total. The topological polar surface area (TPSA) is 117 Å². The second-order valence-corrected chi connectivity index (χ2v) is 10.2. The number of piperazine rings is 1. The molecule has 0 aromatic heterocycles. The number of nitro groups is 1. The van der Waals surface area contributed by atoms with Gasteiger partial charge in [-0.1, -0.05) is 42.0 Å². The summed E-state index contributed by atoms with van der Waals surface area (Å²) in [5.41, 5.74) is 2.08. The SMILES string of the molecule is CC(C)Oc1cc([N+](=O)[O-])ccc1C1=N[C@@H](C2=CCC=C2)[C@@H](c2ccc(Cl)cc2)N1C(=O)N1CCNC(=O)C1. The summed E-state index contributed by atoms with van der Waals surface area (Å²) < 4.78 is 6.01. The second-order valence-electron chi connectivity index (χ2n) is 9.76. The predicted octanol–water partition coefficient (Wildman–Crippen LogP) is 4.65. The average molecular weight is 550 g/mol. The Balaban J connectivity index is 1.69. The number of amides is 3. The maximum atomic E-state index is 14.2. The Morgan fingerprint density at radius 3 is 2.64 bits per heavy atom. The van der Waals surface area contributed by atoms with Crippen molar-refractivity contribution < 1.29 is 19.2 Å². The van der Waals surface area contributed by atoms with E-state index in [2.05, 4.69) is 11.4 Å². The maximum Gasteiger partial charge on any atom is 0.326 e. The summed E-state index contributed by atoms with van der Waals surface area (Å²) in [4.78, 5) is 45.7. The summed E-state index contributed by atoms with van der Waals surface area (Å²) in [6.07, 6.45) is 6.56. The zero-order chi connectivity index (χ0) is 27.7. The Morgan fingerprint density at radius 1 is 1.23 bits per heavy atom. The number of non-ortho nitro benzene ring substituents is 1. The highest BCUT2D eigenvalue weighted by molar-refractivity contribution is 6.30. The van der Waals surface area contributed by atoms with Gasteiger partial charge in [-0.2, -0.15) is 0 Å². The summed E-state index contributed by atoms with van der Waals surface area (Å²) in [7, 11) is 0. The summed E-state index contributed by atoms with van der Waals surface area (Å²) in [5.74, 6) is 0.328. The number of allylic oxidation sites excluding steroid dienone is 2. The van der Waals surface area contributed by atoms with Crippen LogP contribution in [0.4, 0.5) is 10.5 Å². The van der Waals surface area contributed by atoms with Crippen LogP contribution in [-0.4, -0.2) is 64.3 Å². The first kappa shape index (κ1) is 26.4. The van der Waals surface area contributed by atoms with Crippen LogP contribution in [0.1, 0.15) is 37.4 Å². The number of aliphatic imine (C=N–C) groups is 1. The van der Waals surface area contributed by atoms with Gasteiger partial charge in [-0.3, -0.25) is 24.8 Å². The Morgan fingerprint density at radius 2 is 2.00 bits per heavy atom. The largest absolute Gasteiger partial charge is 0.490 e. The fourth-order valence-electron chi connectivity index (χ4n) is 5.01. The van der Waals surface area contributed by atoms with Crippen LogP contribution in [-0.2, 0) is 4.79 Å². The fraction of sp³-hybridized carbons (Fsp3) is 0.321. The van der Waals surface area contributed by atoms with E-state index in [1.54, 1.807) is 23.1 Å². The summed E-state index contributed by atoms with van der Waals surface area (Å²) >= 11 is 6.20. The van der Waals surface area contributed by atoms with E-state index in [9.17, 15) is 19.7 Å². The predicted molar refractivity (Wildman–Crippen MR) is 147 cm³/mol. The molecule has 3 amide bonds. The molecule has 0 radical (unpaired) electrons. The van der Waals surface area contributed by atoms with E-state index in [-0.39, 0.29) is 36.0 Å². The number of nitro benzene ring substituents is 1. The summed E-state index contributed by atoms with van der Waals surface area (Å²) in [5, 5.41) is 14.9. The molecule has 1 saturated heterocycles. The molecule has 2 aromatic carbocycles. The molecule has 2 aromatic rings. The van der Waals surface area contributed by atoms with Crippen LogP contribution < -0.4 is 10.1 Å². The van der Waals surface area contributed by atoms with E-state index < -0.39 is 17.0 Å². The second kappa shape index (κ2) is 10.9. The quantitative estimate of drug-likeness (QED) is 0.416. The van der Waals surface area contributed by atoms with Gasteiger partial charge in [0.15, 0.2) is 0 Å². The third kappa shape index (κ3) is 5.37. The van der Waals surface area contributed by atoms with Gasteiger partial charge in [0.1, 0.15) is 24.2 Å². The number of rotatable bonds is 6. The number of amidine groups is 1. The molecule has 11 heteroatoms. The average Bonchev–Trinajstić information content (AvgIpc) is 3.57. The number of carbonyl (C=O) groups is 2. The number of carbonyl (C=O) groups excluding carboxylic acids is 2. The molecule has 2 aliphatic heterocycles. The van der Waals surface area contributed by atoms with Crippen molar-refractivity contribution in [1.82, 2.24) is 15.1 Å². The third-order valence-electron chi connectivity index (χ3n) is 6.71. The molecular weight excluding hydrogens is 522 g/mol. The first-order valence-corrected chi connectivity index (χ1v) is 13.1. The van der Waals surface area contributed by atoms with E-state index in [0.29, 0.717) is 29.5 Å². The van der Waals surface area contributed by atoms with Crippen molar-refractivity contribution in [3.05, 3.63) is 92.5 Å². The van der Waals surface area contributed by atoms with Crippen LogP contribution in [0.25, 0.3) is 0 Å². The zero-order valence-electron chi connectivity index (χ0n) is 21.5. The van der Waals surface area contributed by atoms with Crippen molar-refractivity contribution in [1.29, 1.82) is 0 Å². The van der Waals surface area contributed by atoms with Crippen molar-refractivity contribution in [2.45, 2.75) is 38.5 Å². The zero-order valence-corrected chi connectivity index (χ0v) is 22.3. The minimum absolute atomic E-state index is 0.0845. The van der Waals surface area contributed by atoms with Crippen molar-refractivity contribution in [3.63, 3.8) is 0 Å². The highest BCUT2D eigenvalue weighted by Crippen LogP contribution is 2.42. The lowest BCUT2D eigenvalue weighted by Gasteiger charge is -2.35. The molecule has 1 N–H and O–H groups in total. The Labute approximate surface area is 230 Å². The number of hydrogen-bond donors (Lipinski definition) is 1. The van der Waals surface area contributed by atoms with Crippen molar-refractivity contribution in [2.75, 3.05) is 19.6 Å². The highest BCUT2D eigenvalue weighted by atomic mass is 35.5. The van der Waals surface area contributed by atoms with Crippen LogP contribution in [0.3, 0.4) is 0 Å². The van der Waals surface area contributed by atoms with E-state index >= 15 is 0 Å². The number of nitrogens with one attached hydrogen (secondary N) is 1. The van der Waals surface area contributed by atoms with E-state index in [0.717, 1.165) is 17.6 Å². The lowest BCUT2D eigenvalue weighted by Crippen LogP contribution is -2.55. The maximum absolute atomic E-state index is 14.2. The number of ether oxygens (including phenoxy) is 1. The van der Waals surface area contributed by atoms with E-state index in [4.69, 9.17) is 21.3 Å². The van der Waals surface area contributed by atoms with Crippen molar-refractivity contribution >= 4 is 35.1 Å². The molecule has 0 spiro atoms. The molecule has 5 rings (SSSR count). The van der Waals surface area contributed by atoms with Gasteiger partial charge in [-0.25, -0.2) is 4.79 Å². The van der Waals surface area contributed by atoms with Crippen LogP contribution in [0.5, 0.6) is 5.75 Å². The monoisotopic (exact) mass is 549 g/mol. The standard InChI is InChI=1S/C28H28ClN5O5/c1-17(2)39-23-15-21(34(37)38)11-12-22(23)27-31-25(18-5-3-4-6-18)26(19-7-9-20(29)10-8-19)33(27)28(36)32-14-13-30-24(35)16-32/h3,5-12,15,17,25-26H,4,13-14,16H2,1-2H3,(H,30,35)/t25-,26+/m0/s1. The molecule has 0 saturated carbocycles. The molecule has 0 bridgehead atoms. The molecule has 2 atom stereocenters. The molecule has 3 aliphatic rings. The van der Waals surface area contributed by atoms with Crippen LogP contribution >= 0.6 is 11.6 Å². The molecule has 39 heavy (non-hydrogen) atoms. The lowest BCUT2D eigenvalue weighted by molar-refractivity contribution is -0.384. The number of benzene rings is 2. The smallest absolute Gasteiger partial charge is 0.326 e. The van der Waals surface area contributed by atoms with Gasteiger partial charge >= 0.3 is 6.03 Å². The Hall–Kier alpha value is -4.18. The van der Waals surface area contributed by atoms with Crippen LogP contribution in [0, 0.1) is 10.1 Å². The van der Waals surface area contributed by atoms with Crippen LogP contribution in [0.15, 0.2) is 71.3 Å². The van der Waals surface area contributed by atoms with E-state index in [1.807, 2.05) is 38.1 Å². The van der Waals surface area contributed by atoms with Gasteiger partial charge in [0.25, 0.3) is 5.69 Å². The van der Waals surface area contributed by atoms with Crippen LogP contribution in [0.2, 0.25) is 5.02 Å². The van der Waals surface area contributed by atoms with Crippen molar-refractivity contribution in [3.8, 4) is 5.75 Å². The molecule has 202 valence electrons. The minimum atomic E-state index is -0.550. The number of hydrogen-bond acceptors (Lipinski definition) is 6. The first-order chi connectivity index (χ1) is 18.7. The first-order valence-electron chi connectivity index (χ1n) is 12.7. The number of halogens is 1. The van der Waals surface area contributed by atoms with E-state index in [1.165, 1.54) is 17.0 Å². The molecule has 1 fully saturated rings. The van der Waals surface area contributed by atoms with Gasteiger partial charge < -0.3 is 15.0 Å². The van der Waals surface area contributed by atoms with Crippen molar-refractivity contribution in [2.24, 2.45) is 4.99 Å². The third-order valence-corrected chi connectivity index (χ3v) is 6.97. The fourth-order valence-corrected chi connectivity index (χ4v) is 5.13. The van der Waals surface area contributed by atoms with Gasteiger partial charge in [-0.05, 0) is 49.6 Å². The minimum Gasteiger partial charge on any atom is -0.490 e. The molecule has 2 heterocycles. The number of urea groups is 1. The molecular formula is C28H28ClN5O5. The Bertz CT molecular complexity index is 1400. The number of nitrogens with zero attached hydrogens (tertiary/aromatic N) is 4. The lowest BCUT2D eigenvalue weighted by atomic mass is 9.94.